The van der Waals surface area contributed by atoms with Gasteiger partial charge in [0.2, 0.25) is 0 Å². The normalized spacial score (nSPS) is 13.7. The molecule has 0 aliphatic heterocycles. The molecule has 7 heteroatoms. The lowest BCUT2D eigenvalue weighted by atomic mass is 9.95. The number of halogens is 1. The van der Waals surface area contributed by atoms with E-state index in [9.17, 15) is 4.79 Å². The lowest BCUT2D eigenvalue weighted by Gasteiger charge is -2.17. The smallest absolute Gasteiger partial charge is 0.283 e. The van der Waals surface area contributed by atoms with Gasteiger partial charge in [-0.05, 0) is 30.0 Å². The van der Waals surface area contributed by atoms with E-state index in [4.69, 9.17) is 21.1 Å². The number of thiazole rings is 1. The quantitative estimate of drug-likeness (QED) is 0.729. The maximum absolute atomic E-state index is 12.8. The number of nitrogens with zero attached hydrogens (tertiary/aromatic N) is 2. The number of hydrogen-bond donors (Lipinski definition) is 0. The third-order valence-electron chi connectivity index (χ3n) is 3.94. The molecule has 0 N–H and O–H groups in total. The van der Waals surface area contributed by atoms with E-state index in [1.165, 1.54) is 18.4 Å². The van der Waals surface area contributed by atoms with Crippen molar-refractivity contribution in [2.24, 2.45) is 4.99 Å². The van der Waals surface area contributed by atoms with Crippen molar-refractivity contribution < 1.29 is 14.3 Å². The molecule has 0 aliphatic carbocycles. The van der Waals surface area contributed by atoms with Crippen LogP contribution in [0.1, 0.15) is 55.6 Å². The van der Waals surface area contributed by atoms with Crippen molar-refractivity contribution in [3.63, 3.8) is 0 Å². The van der Waals surface area contributed by atoms with Crippen molar-refractivity contribution in [3.05, 3.63) is 44.7 Å². The van der Waals surface area contributed by atoms with Gasteiger partial charge in [0, 0.05) is 23.2 Å². The molecule has 0 saturated heterocycles. The molecule has 142 valence electrons. The zero-order valence-electron chi connectivity index (χ0n) is 16.0. The number of benzene rings is 1. The Bertz CT molecular complexity index is 845. The van der Waals surface area contributed by atoms with Gasteiger partial charge in [-0.15, -0.1) is 11.3 Å². The molecular weight excluding hydrogens is 372 g/mol. The molecule has 0 saturated carbocycles. The van der Waals surface area contributed by atoms with Gasteiger partial charge in [0.1, 0.15) is 12.0 Å². The van der Waals surface area contributed by atoms with Crippen molar-refractivity contribution in [1.82, 2.24) is 4.57 Å². The highest BCUT2D eigenvalue weighted by Gasteiger charge is 2.21. The van der Waals surface area contributed by atoms with Gasteiger partial charge in [-0.2, -0.15) is 4.99 Å². The van der Waals surface area contributed by atoms with E-state index in [1.54, 1.807) is 25.3 Å². The molecule has 0 spiro atoms. The molecule has 0 radical (unpaired) electrons. The number of hydrogen-bond acceptors (Lipinski definition) is 4. The molecule has 5 nitrogen and oxygen atoms in total. The van der Waals surface area contributed by atoms with E-state index in [0.29, 0.717) is 21.1 Å². The van der Waals surface area contributed by atoms with E-state index in [2.05, 4.69) is 25.8 Å². The summed E-state index contributed by atoms with van der Waals surface area (Å²) in [7, 11) is 3.17. The number of methoxy groups -OCH3 is 2. The minimum Gasteiger partial charge on any atom is -0.496 e. The molecule has 1 amide bonds. The number of amides is 1. The maximum Gasteiger partial charge on any atom is 0.283 e. The first kappa shape index (κ1) is 20.7. The molecular formula is C19H25ClN2O3S. The maximum atomic E-state index is 12.8. The Hall–Kier alpha value is -1.63. The Morgan fingerprint density at radius 3 is 2.58 bits per heavy atom. The molecule has 0 bridgehead atoms. The fourth-order valence-electron chi connectivity index (χ4n) is 2.46. The Kier molecular flexibility index (Phi) is 6.66. The van der Waals surface area contributed by atoms with Gasteiger partial charge >= 0.3 is 0 Å². The third kappa shape index (κ3) is 4.55. The second-order valence-corrected chi connectivity index (χ2v) is 8.34. The largest absolute Gasteiger partial charge is 0.496 e. The summed E-state index contributed by atoms with van der Waals surface area (Å²) in [5.74, 6) is 0.0486. The van der Waals surface area contributed by atoms with Gasteiger partial charge in [0.15, 0.2) is 4.80 Å². The first-order valence-electron chi connectivity index (χ1n) is 8.39. The molecule has 26 heavy (non-hydrogen) atoms. The van der Waals surface area contributed by atoms with Crippen LogP contribution in [0.5, 0.6) is 5.75 Å². The number of aromatic nitrogens is 1. The highest BCUT2D eigenvalue weighted by atomic mass is 35.5. The van der Waals surface area contributed by atoms with Gasteiger partial charge in [0.05, 0.1) is 12.7 Å². The van der Waals surface area contributed by atoms with E-state index >= 15 is 0 Å². The van der Waals surface area contributed by atoms with Crippen molar-refractivity contribution in [3.8, 4) is 5.75 Å². The van der Waals surface area contributed by atoms with Crippen LogP contribution in [0.15, 0.2) is 29.4 Å². The standard InChI is InChI=1S/C19H25ClN2O3S/c1-7-16(25-6)22-11-15(19(2,3)4)26-18(22)21-17(23)13-10-12(20)8-9-14(13)24-5/h8-11,16H,7H2,1-6H3. The molecule has 2 aromatic rings. The Balaban J connectivity index is 2.60. The first-order valence-corrected chi connectivity index (χ1v) is 9.58. The highest BCUT2D eigenvalue weighted by molar-refractivity contribution is 7.09. The molecule has 1 unspecified atom stereocenters. The molecule has 1 heterocycles. The van der Waals surface area contributed by atoms with Crippen molar-refractivity contribution in [2.45, 2.75) is 45.8 Å². The van der Waals surface area contributed by atoms with Crippen molar-refractivity contribution in [2.75, 3.05) is 14.2 Å². The molecule has 0 fully saturated rings. The Labute approximate surface area is 163 Å². The van der Waals surface area contributed by atoms with E-state index < -0.39 is 5.91 Å². The monoisotopic (exact) mass is 396 g/mol. The predicted octanol–water partition coefficient (Wildman–Crippen LogP) is 4.81. The Morgan fingerprint density at radius 2 is 2.04 bits per heavy atom. The summed E-state index contributed by atoms with van der Waals surface area (Å²) >= 11 is 7.53. The van der Waals surface area contributed by atoms with Crippen LogP contribution >= 0.6 is 22.9 Å². The minimum atomic E-state index is -0.397. The second kappa shape index (κ2) is 8.37. The van der Waals surface area contributed by atoms with Gasteiger partial charge in [-0.3, -0.25) is 9.36 Å². The number of ether oxygens (including phenoxy) is 2. The van der Waals surface area contributed by atoms with E-state index in [1.807, 2.05) is 17.7 Å². The fraction of sp³-hybridized carbons (Fsp3) is 0.474. The van der Waals surface area contributed by atoms with Crippen LogP contribution in [0.25, 0.3) is 0 Å². The third-order valence-corrected chi connectivity index (χ3v) is 5.60. The predicted molar refractivity (Wildman–Crippen MR) is 105 cm³/mol. The van der Waals surface area contributed by atoms with Gasteiger partial charge in [0.25, 0.3) is 5.91 Å². The summed E-state index contributed by atoms with van der Waals surface area (Å²) in [5.41, 5.74) is 0.283. The van der Waals surface area contributed by atoms with Crippen LogP contribution in [0.2, 0.25) is 5.02 Å². The summed E-state index contributed by atoms with van der Waals surface area (Å²) in [6.07, 6.45) is 2.60. The highest BCUT2D eigenvalue weighted by Crippen LogP contribution is 2.27. The van der Waals surface area contributed by atoms with Crippen LogP contribution in [0.4, 0.5) is 0 Å². The van der Waals surface area contributed by atoms with Crippen LogP contribution in [-0.4, -0.2) is 24.7 Å². The summed E-state index contributed by atoms with van der Waals surface area (Å²) in [4.78, 5) is 18.9. The van der Waals surface area contributed by atoms with Crippen molar-refractivity contribution in [1.29, 1.82) is 0 Å². The molecule has 0 aliphatic rings. The lowest BCUT2D eigenvalue weighted by Crippen LogP contribution is -2.22. The van der Waals surface area contributed by atoms with E-state index in [-0.39, 0.29) is 11.6 Å². The van der Waals surface area contributed by atoms with Gasteiger partial charge in [-0.25, -0.2) is 0 Å². The zero-order valence-corrected chi connectivity index (χ0v) is 17.6. The SMILES string of the molecule is CCC(OC)n1cc(C(C)(C)C)sc1=NC(=O)c1cc(Cl)ccc1OC. The Morgan fingerprint density at radius 1 is 1.35 bits per heavy atom. The number of rotatable bonds is 5. The molecule has 1 aromatic heterocycles. The molecule has 1 atom stereocenters. The topological polar surface area (TPSA) is 52.8 Å². The van der Waals surface area contributed by atoms with Crippen LogP contribution < -0.4 is 9.54 Å². The summed E-state index contributed by atoms with van der Waals surface area (Å²) in [6.45, 7) is 8.41. The van der Waals surface area contributed by atoms with Crippen LogP contribution in [0.3, 0.4) is 0 Å². The summed E-state index contributed by atoms with van der Waals surface area (Å²) < 4.78 is 12.7. The first-order chi connectivity index (χ1) is 12.2. The van der Waals surface area contributed by atoms with Crippen molar-refractivity contribution >= 4 is 28.8 Å². The molecule has 1 aromatic carbocycles. The zero-order chi connectivity index (χ0) is 19.5. The van der Waals surface area contributed by atoms with Gasteiger partial charge in [-0.1, -0.05) is 39.3 Å². The number of carbonyl (C=O) groups is 1. The molecule has 2 rings (SSSR count). The fourth-order valence-corrected chi connectivity index (χ4v) is 3.71. The lowest BCUT2D eigenvalue weighted by molar-refractivity contribution is 0.0386. The average molecular weight is 397 g/mol. The number of carbonyl (C=O) groups excluding carboxylic acids is 1. The van der Waals surface area contributed by atoms with Crippen LogP contribution in [0, 0.1) is 0 Å². The van der Waals surface area contributed by atoms with Crippen LogP contribution in [-0.2, 0) is 10.2 Å². The average Bonchev–Trinajstić information content (AvgIpc) is 3.00. The summed E-state index contributed by atoms with van der Waals surface area (Å²) in [6, 6.07) is 4.92. The van der Waals surface area contributed by atoms with Gasteiger partial charge < -0.3 is 9.47 Å². The minimum absolute atomic E-state index is 0.0526. The van der Waals surface area contributed by atoms with E-state index in [0.717, 1.165) is 11.3 Å². The second-order valence-electron chi connectivity index (χ2n) is 6.90. The summed E-state index contributed by atoms with van der Waals surface area (Å²) in [5, 5.41) is 0.460.